The van der Waals surface area contributed by atoms with Gasteiger partial charge >= 0.3 is 0 Å². The minimum absolute atomic E-state index is 0.992. The monoisotopic (exact) mass is 1100 g/mol. The van der Waals surface area contributed by atoms with Crippen molar-refractivity contribution in [3.63, 3.8) is 0 Å². The fourth-order valence-corrected chi connectivity index (χ4v) is 14.2. The number of pyridine rings is 2. The van der Waals surface area contributed by atoms with Crippen LogP contribution in [0.2, 0.25) is 0 Å². The summed E-state index contributed by atoms with van der Waals surface area (Å²) in [5, 5.41) is 9.46. The first-order chi connectivity index (χ1) is 42.3. The molecule has 0 spiro atoms. The normalized spacial score (nSPS) is 12.0. The molecule has 6 heteroatoms. The molecule has 17 aromatic rings. The van der Waals surface area contributed by atoms with Gasteiger partial charge in [-0.2, -0.15) is 4.57 Å². The van der Waals surface area contributed by atoms with Gasteiger partial charge in [0.25, 0.3) is 5.69 Å². The Labute approximate surface area is 497 Å². The number of para-hydroxylation sites is 4. The van der Waals surface area contributed by atoms with E-state index in [2.05, 4.69) is 312 Å². The topological polar surface area (TPSA) is 36.5 Å². The standard InChI is InChI=1S/C80H57N6/c1-50-31-35-71-63(43-50)59-23-11-15-27-67(59)83(71)76-75(56-39-41-81-42-40-56)77(84-68-28-16-12-24-60(68)64-44-51(2)32-36-72(64)84)79(85-69-29-17-13-25-61(69)65-45-52(3)33-37-73(65)85)80(86-70-30-18-14-26-62(70)66-46-53(4)34-38-74(66)86)78(76)82-48-57(54-19-7-5-8-20-54)47-58(49-82)55-21-9-6-10-22-55/h5-49H,1-4H3/q+1. The molecule has 6 heterocycles. The van der Waals surface area contributed by atoms with E-state index in [1.807, 2.05) is 12.4 Å². The smallest absolute Gasteiger partial charge is 0.262 e. The summed E-state index contributed by atoms with van der Waals surface area (Å²) < 4.78 is 12.9. The lowest BCUT2D eigenvalue weighted by molar-refractivity contribution is -0.593. The maximum absolute atomic E-state index is 4.81. The predicted octanol–water partition coefficient (Wildman–Crippen LogP) is 20.0. The molecule has 6 aromatic heterocycles. The molecule has 0 saturated heterocycles. The molecule has 0 unspecified atom stereocenters. The Morgan fingerprint density at radius 3 is 0.977 bits per heavy atom. The van der Waals surface area contributed by atoms with E-state index in [4.69, 9.17) is 4.98 Å². The van der Waals surface area contributed by atoms with Crippen molar-refractivity contribution in [1.29, 1.82) is 0 Å². The Kier molecular flexibility index (Phi) is 11.1. The van der Waals surface area contributed by atoms with Crippen molar-refractivity contribution in [2.24, 2.45) is 0 Å². The molecule has 0 saturated carbocycles. The fourth-order valence-electron chi connectivity index (χ4n) is 14.2. The lowest BCUT2D eigenvalue weighted by atomic mass is 9.95. The molecule has 11 aromatic carbocycles. The van der Waals surface area contributed by atoms with E-state index in [9.17, 15) is 0 Å². The maximum Gasteiger partial charge on any atom is 0.262 e. The van der Waals surface area contributed by atoms with Gasteiger partial charge < -0.3 is 18.3 Å². The van der Waals surface area contributed by atoms with Crippen LogP contribution in [0.25, 0.3) is 149 Å². The molecule has 406 valence electrons. The van der Waals surface area contributed by atoms with E-state index < -0.39 is 0 Å². The van der Waals surface area contributed by atoms with Crippen LogP contribution in [0.1, 0.15) is 22.3 Å². The van der Waals surface area contributed by atoms with Crippen LogP contribution in [0.3, 0.4) is 0 Å². The number of hydrogen-bond donors (Lipinski definition) is 0. The lowest BCUT2D eigenvalue weighted by Gasteiger charge is -2.29. The molecule has 0 aliphatic carbocycles. The second kappa shape index (κ2) is 19.2. The van der Waals surface area contributed by atoms with Crippen molar-refractivity contribution in [3.8, 4) is 61.8 Å². The first-order valence-electron chi connectivity index (χ1n) is 29.7. The van der Waals surface area contributed by atoms with Gasteiger partial charge in [-0.1, -0.05) is 180 Å². The van der Waals surface area contributed by atoms with Crippen LogP contribution in [-0.4, -0.2) is 23.3 Å². The van der Waals surface area contributed by atoms with Crippen LogP contribution < -0.4 is 4.57 Å². The Hall–Kier alpha value is -11.1. The zero-order valence-electron chi connectivity index (χ0n) is 48.2. The molecule has 0 atom stereocenters. The van der Waals surface area contributed by atoms with Crippen molar-refractivity contribution in [3.05, 3.63) is 296 Å². The molecule has 6 nitrogen and oxygen atoms in total. The van der Waals surface area contributed by atoms with Crippen LogP contribution in [0.5, 0.6) is 0 Å². The summed E-state index contributed by atoms with van der Waals surface area (Å²) in [6.07, 6.45) is 8.71. The molecule has 0 amide bonds. The van der Waals surface area contributed by atoms with Crippen molar-refractivity contribution < 1.29 is 4.57 Å². The third kappa shape index (κ3) is 7.46. The van der Waals surface area contributed by atoms with Gasteiger partial charge in [0, 0.05) is 72.2 Å². The number of benzene rings is 11. The molecule has 0 N–H and O–H groups in total. The predicted molar refractivity (Wildman–Crippen MR) is 358 cm³/mol. The van der Waals surface area contributed by atoms with Crippen LogP contribution in [0.15, 0.2) is 274 Å². The fraction of sp³-hybridized carbons (Fsp3) is 0.0500. The van der Waals surface area contributed by atoms with Gasteiger partial charge in [0.05, 0.1) is 49.8 Å². The van der Waals surface area contributed by atoms with E-state index in [0.717, 1.165) is 106 Å². The number of nitrogens with zero attached hydrogens (tertiary/aromatic N) is 6. The van der Waals surface area contributed by atoms with Crippen molar-refractivity contribution in [2.75, 3.05) is 0 Å². The second-order valence-electron chi connectivity index (χ2n) is 23.3. The van der Waals surface area contributed by atoms with E-state index >= 15 is 0 Å². The molecular formula is C80H57N6+. The summed E-state index contributed by atoms with van der Waals surface area (Å²) in [6.45, 7) is 8.85. The molecule has 0 radical (unpaired) electrons. The highest BCUT2D eigenvalue weighted by Crippen LogP contribution is 2.52. The molecule has 0 bridgehead atoms. The van der Waals surface area contributed by atoms with E-state index in [1.54, 1.807) is 0 Å². The Balaban J connectivity index is 1.26. The van der Waals surface area contributed by atoms with Gasteiger partial charge in [-0.25, -0.2) is 0 Å². The summed E-state index contributed by atoms with van der Waals surface area (Å²) in [7, 11) is 0. The van der Waals surface area contributed by atoms with Gasteiger partial charge in [-0.05, 0) is 135 Å². The van der Waals surface area contributed by atoms with Crippen LogP contribution in [-0.2, 0) is 0 Å². The highest BCUT2D eigenvalue weighted by atomic mass is 15.2. The summed E-state index contributed by atoms with van der Waals surface area (Å²) in [5.74, 6) is 0. The second-order valence-corrected chi connectivity index (χ2v) is 23.3. The largest absolute Gasteiger partial charge is 0.306 e. The average Bonchev–Trinajstić information content (AvgIpc) is 1.42. The molecular weight excluding hydrogens is 1040 g/mol. The lowest BCUT2D eigenvalue weighted by Crippen LogP contribution is -2.35. The van der Waals surface area contributed by atoms with Crippen molar-refractivity contribution >= 4 is 87.2 Å². The third-order valence-corrected chi connectivity index (χ3v) is 17.9. The number of aromatic nitrogens is 6. The van der Waals surface area contributed by atoms with Crippen LogP contribution in [0.4, 0.5) is 0 Å². The summed E-state index contributed by atoms with van der Waals surface area (Å²) in [5.41, 5.74) is 25.2. The highest BCUT2D eigenvalue weighted by Gasteiger charge is 2.39. The molecule has 0 aliphatic heterocycles. The maximum atomic E-state index is 4.81. The van der Waals surface area contributed by atoms with E-state index in [0.29, 0.717) is 0 Å². The first kappa shape index (κ1) is 49.5. The van der Waals surface area contributed by atoms with Gasteiger partial charge in [0.1, 0.15) is 17.1 Å². The Morgan fingerprint density at radius 2 is 0.581 bits per heavy atom. The van der Waals surface area contributed by atoms with Gasteiger partial charge in [0.2, 0.25) is 0 Å². The van der Waals surface area contributed by atoms with Gasteiger partial charge in [-0.15, -0.1) is 0 Å². The van der Waals surface area contributed by atoms with Gasteiger partial charge in [0.15, 0.2) is 12.4 Å². The summed E-state index contributed by atoms with van der Waals surface area (Å²) in [4.78, 5) is 4.81. The first-order valence-corrected chi connectivity index (χ1v) is 29.7. The third-order valence-electron chi connectivity index (χ3n) is 17.9. The highest BCUT2D eigenvalue weighted by molar-refractivity contribution is 6.17. The zero-order valence-corrected chi connectivity index (χ0v) is 48.2. The number of hydrogen-bond acceptors (Lipinski definition) is 1. The van der Waals surface area contributed by atoms with Crippen molar-refractivity contribution in [2.45, 2.75) is 27.7 Å². The number of aryl methyl sites for hydroxylation is 4. The Bertz CT molecular complexity index is 5560. The van der Waals surface area contributed by atoms with Crippen molar-refractivity contribution in [1.82, 2.24) is 23.3 Å². The van der Waals surface area contributed by atoms with Gasteiger partial charge in [-0.3, -0.25) is 4.98 Å². The SMILES string of the molecule is Cc1ccc2c(c1)c1ccccc1n2-c1c(-c2ccncc2)c(-n2c3ccccc3c3cc(C)ccc32)c(-[n+]2cc(-c3ccccc3)cc(-c3ccccc3)c2)c(-n2c3ccccc3c3cc(C)ccc32)c1-n1c2ccccc2c2cc(C)ccc21. The minimum Gasteiger partial charge on any atom is -0.306 e. The van der Waals surface area contributed by atoms with Crippen LogP contribution in [0, 0.1) is 27.7 Å². The summed E-state index contributed by atoms with van der Waals surface area (Å²) >= 11 is 0. The van der Waals surface area contributed by atoms with Crippen LogP contribution >= 0.6 is 0 Å². The quantitative estimate of drug-likeness (QED) is 0.140. The summed E-state index contributed by atoms with van der Waals surface area (Å²) in [6, 6.07) is 92.8. The number of rotatable bonds is 8. The minimum atomic E-state index is 0.992. The molecule has 86 heavy (non-hydrogen) atoms. The Morgan fingerprint density at radius 1 is 0.256 bits per heavy atom. The zero-order chi connectivity index (χ0) is 57.3. The van der Waals surface area contributed by atoms with E-state index in [1.165, 1.54) is 65.3 Å². The number of fused-ring (bicyclic) bond motifs is 12. The molecule has 0 aliphatic rings. The molecule has 17 rings (SSSR count). The average molecular weight is 1100 g/mol. The molecule has 0 fully saturated rings. The van der Waals surface area contributed by atoms with E-state index in [-0.39, 0.29) is 0 Å².